The van der Waals surface area contributed by atoms with E-state index < -0.39 is 0 Å². The number of hydrogen-bond acceptors (Lipinski definition) is 3. The Labute approximate surface area is 110 Å². The summed E-state index contributed by atoms with van der Waals surface area (Å²) < 4.78 is 5.82. The lowest BCUT2D eigenvalue weighted by Crippen LogP contribution is -2.22. The van der Waals surface area contributed by atoms with Crippen LogP contribution in [0.2, 0.25) is 0 Å². The van der Waals surface area contributed by atoms with Gasteiger partial charge in [-0.3, -0.25) is 4.98 Å². The van der Waals surface area contributed by atoms with Crippen molar-refractivity contribution in [3.05, 3.63) is 35.7 Å². The summed E-state index contributed by atoms with van der Waals surface area (Å²) >= 11 is 0. The molecule has 1 N–H and O–H groups in total. The Kier molecular flexibility index (Phi) is 5.86. The molecule has 0 amide bonds. The van der Waals surface area contributed by atoms with Gasteiger partial charge in [-0.15, -0.1) is 6.58 Å². The van der Waals surface area contributed by atoms with Crippen LogP contribution in [0.5, 0.6) is 5.75 Å². The molecule has 0 unspecified atom stereocenters. The summed E-state index contributed by atoms with van der Waals surface area (Å²) in [6.45, 7) is 13.6. The number of nitrogens with one attached hydrogen (secondary N) is 1. The highest BCUT2D eigenvalue weighted by molar-refractivity contribution is 5.32. The number of aromatic nitrogens is 1. The largest absolute Gasteiger partial charge is 0.493 e. The lowest BCUT2D eigenvalue weighted by molar-refractivity contribution is 0.316. The lowest BCUT2D eigenvalue weighted by atomic mass is 10.2. The van der Waals surface area contributed by atoms with Gasteiger partial charge in [-0.05, 0) is 13.8 Å². The minimum Gasteiger partial charge on any atom is -0.493 e. The van der Waals surface area contributed by atoms with Crippen LogP contribution in [0.1, 0.15) is 38.4 Å². The monoisotopic (exact) mass is 248 g/mol. The molecule has 1 heterocycles. The lowest BCUT2D eigenvalue weighted by Gasteiger charge is -2.14. The molecule has 0 radical (unpaired) electrons. The third-order valence-electron chi connectivity index (χ3n) is 2.57. The van der Waals surface area contributed by atoms with Crippen molar-refractivity contribution in [1.29, 1.82) is 0 Å². The first-order chi connectivity index (χ1) is 8.49. The molecule has 0 spiro atoms. The highest BCUT2D eigenvalue weighted by Gasteiger charge is 2.06. The van der Waals surface area contributed by atoms with Gasteiger partial charge in [0.15, 0.2) is 0 Å². The standard InChI is InChI=1S/C15H24N2O/c1-11(2)6-7-18-15-8-13(5)17-10-14(15)9-16-12(3)4/h8,10,12,16H,1,6-7,9H2,2-5H3. The molecule has 1 rings (SSSR count). The highest BCUT2D eigenvalue weighted by Crippen LogP contribution is 2.19. The number of rotatable bonds is 7. The Morgan fingerprint density at radius 3 is 2.83 bits per heavy atom. The van der Waals surface area contributed by atoms with Gasteiger partial charge in [0.1, 0.15) is 5.75 Å². The topological polar surface area (TPSA) is 34.1 Å². The van der Waals surface area contributed by atoms with Gasteiger partial charge in [0.2, 0.25) is 0 Å². The van der Waals surface area contributed by atoms with E-state index >= 15 is 0 Å². The molecule has 0 saturated heterocycles. The van der Waals surface area contributed by atoms with E-state index in [0.717, 1.165) is 35.5 Å². The van der Waals surface area contributed by atoms with Crippen LogP contribution in [-0.4, -0.2) is 17.6 Å². The van der Waals surface area contributed by atoms with Crippen molar-refractivity contribution < 1.29 is 4.74 Å². The molecule has 0 aliphatic heterocycles. The van der Waals surface area contributed by atoms with Crippen molar-refractivity contribution in [2.45, 2.75) is 46.7 Å². The molecule has 0 fully saturated rings. The molecule has 100 valence electrons. The van der Waals surface area contributed by atoms with Gasteiger partial charge in [0.25, 0.3) is 0 Å². The van der Waals surface area contributed by atoms with Crippen LogP contribution in [0.15, 0.2) is 24.4 Å². The van der Waals surface area contributed by atoms with Crippen molar-refractivity contribution in [1.82, 2.24) is 10.3 Å². The molecule has 18 heavy (non-hydrogen) atoms. The highest BCUT2D eigenvalue weighted by atomic mass is 16.5. The molecule has 1 aromatic rings. The van der Waals surface area contributed by atoms with Crippen molar-refractivity contribution in [2.24, 2.45) is 0 Å². The molecule has 0 saturated carbocycles. The van der Waals surface area contributed by atoms with E-state index in [-0.39, 0.29) is 0 Å². The maximum atomic E-state index is 5.82. The molecule has 0 aromatic carbocycles. The van der Waals surface area contributed by atoms with E-state index in [2.05, 4.69) is 30.7 Å². The number of aryl methyl sites for hydroxylation is 1. The molecule has 0 aliphatic rings. The fourth-order valence-corrected chi connectivity index (χ4v) is 1.48. The first-order valence-corrected chi connectivity index (χ1v) is 6.45. The smallest absolute Gasteiger partial charge is 0.127 e. The SMILES string of the molecule is C=C(C)CCOc1cc(C)ncc1CNC(C)C. The quantitative estimate of drug-likeness (QED) is 0.752. The van der Waals surface area contributed by atoms with E-state index in [1.807, 2.05) is 26.1 Å². The zero-order valence-corrected chi connectivity index (χ0v) is 11.9. The van der Waals surface area contributed by atoms with Crippen LogP contribution in [0.4, 0.5) is 0 Å². The van der Waals surface area contributed by atoms with E-state index in [1.54, 1.807) is 0 Å². The average Bonchev–Trinajstić information content (AvgIpc) is 2.27. The summed E-state index contributed by atoms with van der Waals surface area (Å²) in [5, 5.41) is 3.38. The summed E-state index contributed by atoms with van der Waals surface area (Å²) in [7, 11) is 0. The predicted octanol–water partition coefficient (Wildman–Crippen LogP) is 3.23. The zero-order chi connectivity index (χ0) is 13.5. The van der Waals surface area contributed by atoms with E-state index in [0.29, 0.717) is 12.6 Å². The summed E-state index contributed by atoms with van der Waals surface area (Å²) in [6.07, 6.45) is 2.78. The maximum absolute atomic E-state index is 5.82. The fourth-order valence-electron chi connectivity index (χ4n) is 1.48. The van der Waals surface area contributed by atoms with E-state index in [1.165, 1.54) is 0 Å². The summed E-state index contributed by atoms with van der Waals surface area (Å²) in [4.78, 5) is 4.32. The normalized spacial score (nSPS) is 10.7. The molecule has 3 nitrogen and oxygen atoms in total. The van der Waals surface area contributed by atoms with Crippen LogP contribution >= 0.6 is 0 Å². The molecule has 0 bridgehead atoms. The summed E-state index contributed by atoms with van der Waals surface area (Å²) in [6, 6.07) is 2.45. The second-order valence-electron chi connectivity index (χ2n) is 5.02. The number of ether oxygens (including phenoxy) is 1. The predicted molar refractivity (Wildman–Crippen MR) is 75.9 cm³/mol. The third kappa shape index (κ3) is 5.32. The van der Waals surface area contributed by atoms with Gasteiger partial charge < -0.3 is 10.1 Å². The molecule has 1 aromatic heterocycles. The van der Waals surface area contributed by atoms with Crippen molar-refractivity contribution in [3.63, 3.8) is 0 Å². The van der Waals surface area contributed by atoms with Crippen LogP contribution in [0.25, 0.3) is 0 Å². The molecule has 3 heteroatoms. The van der Waals surface area contributed by atoms with Gasteiger partial charge in [-0.1, -0.05) is 19.4 Å². The molecular weight excluding hydrogens is 224 g/mol. The van der Waals surface area contributed by atoms with Crippen molar-refractivity contribution in [3.8, 4) is 5.75 Å². The average molecular weight is 248 g/mol. The van der Waals surface area contributed by atoms with Crippen LogP contribution < -0.4 is 10.1 Å². The molecule has 0 aliphatic carbocycles. The number of pyridine rings is 1. The van der Waals surface area contributed by atoms with E-state index in [9.17, 15) is 0 Å². The second-order valence-corrected chi connectivity index (χ2v) is 5.02. The summed E-state index contributed by atoms with van der Waals surface area (Å²) in [5.74, 6) is 0.928. The maximum Gasteiger partial charge on any atom is 0.127 e. The first-order valence-electron chi connectivity index (χ1n) is 6.45. The van der Waals surface area contributed by atoms with Gasteiger partial charge in [-0.25, -0.2) is 0 Å². The zero-order valence-electron chi connectivity index (χ0n) is 11.9. The summed E-state index contributed by atoms with van der Waals surface area (Å²) in [5.41, 5.74) is 3.23. The third-order valence-corrected chi connectivity index (χ3v) is 2.57. The first kappa shape index (κ1) is 14.7. The number of nitrogens with zero attached hydrogens (tertiary/aromatic N) is 1. The second kappa shape index (κ2) is 7.17. The van der Waals surface area contributed by atoms with Gasteiger partial charge in [-0.2, -0.15) is 0 Å². The van der Waals surface area contributed by atoms with Gasteiger partial charge in [0, 0.05) is 42.5 Å². The Bertz CT molecular complexity index is 399. The molecule has 0 atom stereocenters. The van der Waals surface area contributed by atoms with Crippen LogP contribution in [0.3, 0.4) is 0 Å². The van der Waals surface area contributed by atoms with Gasteiger partial charge in [0.05, 0.1) is 6.61 Å². The Morgan fingerprint density at radius 1 is 1.50 bits per heavy atom. The minimum atomic E-state index is 0.453. The van der Waals surface area contributed by atoms with Crippen molar-refractivity contribution >= 4 is 0 Å². The van der Waals surface area contributed by atoms with Crippen LogP contribution in [-0.2, 0) is 6.54 Å². The minimum absolute atomic E-state index is 0.453. The van der Waals surface area contributed by atoms with E-state index in [4.69, 9.17) is 4.74 Å². The Hall–Kier alpha value is -1.35. The van der Waals surface area contributed by atoms with Crippen molar-refractivity contribution in [2.75, 3.05) is 6.61 Å². The fraction of sp³-hybridized carbons (Fsp3) is 0.533. The van der Waals surface area contributed by atoms with Crippen LogP contribution in [0, 0.1) is 6.92 Å². The van der Waals surface area contributed by atoms with Gasteiger partial charge >= 0.3 is 0 Å². The number of hydrogen-bond donors (Lipinski definition) is 1. The Morgan fingerprint density at radius 2 is 2.22 bits per heavy atom. The Balaban J connectivity index is 2.67. The molecular formula is C15H24N2O.